The van der Waals surface area contributed by atoms with Gasteiger partial charge in [0.15, 0.2) is 0 Å². The van der Waals surface area contributed by atoms with E-state index < -0.39 is 20.0 Å². The number of anilines is 1. The Labute approximate surface area is 141 Å². The lowest BCUT2D eigenvalue weighted by atomic mass is 10.3. The van der Waals surface area contributed by atoms with Crippen LogP contribution in [0.25, 0.3) is 0 Å². The van der Waals surface area contributed by atoms with E-state index in [-0.39, 0.29) is 18.0 Å². The zero-order valence-electron chi connectivity index (χ0n) is 11.1. The highest BCUT2D eigenvalue weighted by molar-refractivity contribution is 9.11. The summed E-state index contributed by atoms with van der Waals surface area (Å²) in [7, 11) is -7.00. The van der Waals surface area contributed by atoms with Crippen LogP contribution in [-0.4, -0.2) is 36.2 Å². The van der Waals surface area contributed by atoms with E-state index in [2.05, 4.69) is 41.3 Å². The van der Waals surface area contributed by atoms with Crippen molar-refractivity contribution in [2.75, 3.05) is 25.1 Å². The minimum atomic E-state index is -3.73. The molecule has 1 aromatic carbocycles. The molecular weight excluding hydrogens is 450 g/mol. The van der Waals surface area contributed by atoms with Crippen molar-refractivity contribution in [1.29, 1.82) is 0 Å². The van der Waals surface area contributed by atoms with Crippen LogP contribution in [-0.2, 0) is 20.0 Å². The van der Waals surface area contributed by atoms with E-state index in [0.717, 1.165) is 6.26 Å². The maximum atomic E-state index is 12.2. The standard InChI is InChI=1S/C10H15Br2N3O4S2/c1-20(16,17)14-3-2-4-15-21(18,19)10-8(11)5-7(13)6-9(10)12/h5-6,14-15H,2-4,13H2,1H3. The molecule has 0 saturated carbocycles. The highest BCUT2D eigenvalue weighted by Crippen LogP contribution is 2.32. The molecule has 0 atom stereocenters. The summed E-state index contributed by atoms with van der Waals surface area (Å²) < 4.78 is 51.5. The van der Waals surface area contributed by atoms with E-state index in [0.29, 0.717) is 21.1 Å². The lowest BCUT2D eigenvalue weighted by molar-refractivity contribution is 0.574. The summed E-state index contributed by atoms with van der Waals surface area (Å²) in [4.78, 5) is 0.0489. The Morgan fingerprint density at radius 3 is 2.00 bits per heavy atom. The highest BCUT2D eigenvalue weighted by atomic mass is 79.9. The summed E-state index contributed by atoms with van der Waals surface area (Å²) in [6, 6.07) is 2.98. The summed E-state index contributed by atoms with van der Waals surface area (Å²) in [5.41, 5.74) is 6.03. The fourth-order valence-electron chi connectivity index (χ4n) is 1.46. The van der Waals surface area contributed by atoms with Gasteiger partial charge in [0.05, 0.1) is 6.26 Å². The average Bonchev–Trinajstić information content (AvgIpc) is 2.24. The number of nitrogens with two attached hydrogens (primary N) is 1. The number of benzene rings is 1. The maximum absolute atomic E-state index is 12.2. The van der Waals surface area contributed by atoms with Gasteiger partial charge in [-0.2, -0.15) is 0 Å². The van der Waals surface area contributed by atoms with Crippen LogP contribution in [0, 0.1) is 0 Å². The van der Waals surface area contributed by atoms with E-state index in [1.807, 2.05) is 0 Å². The van der Waals surface area contributed by atoms with Gasteiger partial charge in [0.25, 0.3) is 0 Å². The largest absolute Gasteiger partial charge is 0.399 e. The molecule has 21 heavy (non-hydrogen) atoms. The smallest absolute Gasteiger partial charge is 0.242 e. The molecule has 11 heteroatoms. The van der Waals surface area contributed by atoms with E-state index in [1.54, 1.807) is 0 Å². The van der Waals surface area contributed by atoms with Crippen LogP contribution in [0.5, 0.6) is 0 Å². The first-order chi connectivity index (χ1) is 9.53. The zero-order valence-corrected chi connectivity index (χ0v) is 15.9. The first-order valence-corrected chi connectivity index (χ1v) is 10.7. The minimum absolute atomic E-state index is 0.0489. The van der Waals surface area contributed by atoms with Crippen molar-refractivity contribution in [3.63, 3.8) is 0 Å². The van der Waals surface area contributed by atoms with Gasteiger partial charge in [-0.1, -0.05) is 0 Å². The SMILES string of the molecule is CS(=O)(=O)NCCCNS(=O)(=O)c1c(Br)cc(N)cc1Br. The molecule has 0 radical (unpaired) electrons. The molecule has 0 spiro atoms. The summed E-state index contributed by atoms with van der Waals surface area (Å²) in [5.74, 6) is 0. The van der Waals surface area contributed by atoms with Crippen LogP contribution in [0.15, 0.2) is 26.0 Å². The van der Waals surface area contributed by atoms with Crippen LogP contribution in [0.2, 0.25) is 0 Å². The van der Waals surface area contributed by atoms with Crippen LogP contribution in [0.3, 0.4) is 0 Å². The van der Waals surface area contributed by atoms with E-state index in [9.17, 15) is 16.8 Å². The molecule has 4 N–H and O–H groups in total. The summed E-state index contributed by atoms with van der Waals surface area (Å²) >= 11 is 6.32. The van der Waals surface area contributed by atoms with Crippen molar-refractivity contribution in [3.05, 3.63) is 21.1 Å². The number of sulfonamides is 2. The molecule has 0 aliphatic heterocycles. The van der Waals surface area contributed by atoms with Crippen LogP contribution in [0.4, 0.5) is 5.69 Å². The van der Waals surface area contributed by atoms with Gasteiger partial charge in [0, 0.05) is 27.7 Å². The third-order valence-electron chi connectivity index (χ3n) is 2.30. The van der Waals surface area contributed by atoms with Crippen molar-refractivity contribution in [2.24, 2.45) is 0 Å². The van der Waals surface area contributed by atoms with Gasteiger partial charge in [-0.05, 0) is 50.4 Å². The predicted octanol–water partition coefficient (Wildman–Crippen LogP) is 1.01. The second-order valence-corrected chi connectivity index (χ2v) is 9.48. The highest BCUT2D eigenvalue weighted by Gasteiger charge is 2.21. The number of nitrogens with one attached hydrogen (secondary N) is 2. The Morgan fingerprint density at radius 2 is 1.52 bits per heavy atom. The topological polar surface area (TPSA) is 118 Å². The first-order valence-electron chi connectivity index (χ1n) is 5.72. The molecule has 120 valence electrons. The molecule has 0 heterocycles. The van der Waals surface area contributed by atoms with Crippen molar-refractivity contribution in [2.45, 2.75) is 11.3 Å². The fraction of sp³-hybridized carbons (Fsp3) is 0.400. The summed E-state index contributed by atoms with van der Waals surface area (Å²) in [5, 5.41) is 0. The van der Waals surface area contributed by atoms with Crippen molar-refractivity contribution in [1.82, 2.24) is 9.44 Å². The molecule has 0 amide bonds. The molecule has 0 fully saturated rings. The lowest BCUT2D eigenvalue weighted by Crippen LogP contribution is -2.29. The first kappa shape index (κ1) is 18.8. The average molecular weight is 465 g/mol. The quantitative estimate of drug-likeness (QED) is 0.411. The summed E-state index contributed by atoms with van der Waals surface area (Å²) in [6.07, 6.45) is 1.37. The van der Waals surface area contributed by atoms with Gasteiger partial charge < -0.3 is 5.73 Å². The summed E-state index contributed by atoms with van der Waals surface area (Å²) in [6.45, 7) is 0.263. The normalized spacial score (nSPS) is 12.5. The van der Waals surface area contributed by atoms with Gasteiger partial charge in [-0.3, -0.25) is 0 Å². The number of halogens is 2. The van der Waals surface area contributed by atoms with Gasteiger partial charge in [0.2, 0.25) is 20.0 Å². The molecule has 7 nitrogen and oxygen atoms in total. The Morgan fingerprint density at radius 1 is 1.05 bits per heavy atom. The second-order valence-electron chi connectivity index (χ2n) is 4.23. The number of nitrogen functional groups attached to an aromatic ring is 1. The fourth-order valence-corrected chi connectivity index (χ4v) is 5.67. The molecule has 1 rings (SSSR count). The van der Waals surface area contributed by atoms with E-state index in [1.165, 1.54) is 12.1 Å². The molecular formula is C10H15Br2N3O4S2. The molecule has 1 aromatic rings. The molecule has 0 aliphatic carbocycles. The van der Waals surface area contributed by atoms with Crippen molar-refractivity contribution < 1.29 is 16.8 Å². The third-order valence-corrected chi connectivity index (χ3v) is 6.36. The van der Waals surface area contributed by atoms with Crippen LogP contribution in [0.1, 0.15) is 6.42 Å². The van der Waals surface area contributed by atoms with Gasteiger partial charge in [0.1, 0.15) is 4.90 Å². The Balaban J connectivity index is 2.71. The Bertz CT molecular complexity index is 697. The van der Waals surface area contributed by atoms with E-state index >= 15 is 0 Å². The molecule has 0 unspecified atom stereocenters. The van der Waals surface area contributed by atoms with Crippen LogP contribution >= 0.6 is 31.9 Å². The molecule has 0 bridgehead atoms. The molecule has 0 aromatic heterocycles. The minimum Gasteiger partial charge on any atom is -0.399 e. The molecule has 0 saturated heterocycles. The van der Waals surface area contributed by atoms with Gasteiger partial charge in [-0.15, -0.1) is 0 Å². The van der Waals surface area contributed by atoms with E-state index in [4.69, 9.17) is 5.73 Å². The third kappa shape index (κ3) is 6.20. The number of rotatable bonds is 7. The Hall–Kier alpha value is -0.200. The van der Waals surface area contributed by atoms with Gasteiger partial charge >= 0.3 is 0 Å². The second kappa shape index (κ2) is 7.38. The van der Waals surface area contributed by atoms with Crippen molar-refractivity contribution in [3.8, 4) is 0 Å². The van der Waals surface area contributed by atoms with Gasteiger partial charge in [-0.25, -0.2) is 26.3 Å². The Kier molecular flexibility index (Phi) is 6.62. The number of hydrogen-bond donors (Lipinski definition) is 3. The monoisotopic (exact) mass is 463 g/mol. The van der Waals surface area contributed by atoms with Crippen molar-refractivity contribution >= 4 is 57.6 Å². The predicted molar refractivity (Wildman–Crippen MR) is 88.9 cm³/mol. The zero-order chi connectivity index (χ0) is 16.3. The number of hydrogen-bond acceptors (Lipinski definition) is 5. The lowest BCUT2D eigenvalue weighted by Gasteiger charge is -2.11. The maximum Gasteiger partial charge on any atom is 0.242 e. The molecule has 0 aliphatic rings. The van der Waals surface area contributed by atoms with Crippen LogP contribution < -0.4 is 15.2 Å².